The Balaban J connectivity index is 2.14. The molecule has 4 nitrogen and oxygen atoms in total. The van der Waals surface area contributed by atoms with Gasteiger partial charge >= 0.3 is 0 Å². The van der Waals surface area contributed by atoms with Gasteiger partial charge in [-0.25, -0.2) is 0 Å². The van der Waals surface area contributed by atoms with E-state index < -0.39 is 0 Å². The van der Waals surface area contributed by atoms with Crippen LogP contribution in [-0.4, -0.2) is 29.5 Å². The van der Waals surface area contributed by atoms with E-state index in [1.54, 1.807) is 7.11 Å². The molecule has 2 rings (SSSR count). The van der Waals surface area contributed by atoms with Crippen molar-refractivity contribution in [2.45, 2.75) is 38.6 Å². The van der Waals surface area contributed by atoms with Gasteiger partial charge in [-0.15, -0.1) is 0 Å². The zero-order valence-electron chi connectivity index (χ0n) is 12.4. The fraction of sp³-hybridized carbons (Fsp3) is 0.500. The number of carbonyl (C=O) groups is 1. The number of amides is 1. The first-order chi connectivity index (χ1) is 10.1. The Kier molecular flexibility index (Phi) is 5.56. The maximum absolute atomic E-state index is 12.2. The van der Waals surface area contributed by atoms with Crippen molar-refractivity contribution in [3.05, 3.63) is 29.3 Å². The number of carbonyl (C=O) groups excluding carboxylic acids is 1. The number of ether oxygens (including phenoxy) is 1. The van der Waals surface area contributed by atoms with Crippen LogP contribution in [0.4, 0.5) is 0 Å². The van der Waals surface area contributed by atoms with Gasteiger partial charge in [0.2, 0.25) is 5.91 Å². The lowest BCUT2D eigenvalue weighted by atomic mass is 10.1. The minimum Gasteiger partial charge on any atom is -0.496 e. The molecule has 21 heavy (non-hydrogen) atoms. The number of nitrogens with zero attached hydrogens (tertiary/aromatic N) is 1. The third-order valence-electron chi connectivity index (χ3n) is 3.83. The van der Waals surface area contributed by atoms with Crippen LogP contribution in [0.5, 0.6) is 5.75 Å². The predicted molar refractivity (Wildman–Crippen MR) is 87.4 cm³/mol. The van der Waals surface area contributed by atoms with Gasteiger partial charge in [0.05, 0.1) is 12.7 Å². The molecule has 1 aromatic rings. The lowest BCUT2D eigenvalue weighted by Crippen LogP contribution is -2.32. The second-order valence-electron chi connectivity index (χ2n) is 5.38. The summed E-state index contributed by atoms with van der Waals surface area (Å²) in [6.07, 6.45) is 5.10. The van der Waals surface area contributed by atoms with Gasteiger partial charge in [-0.1, -0.05) is 31.1 Å². The summed E-state index contributed by atoms with van der Waals surface area (Å²) in [6, 6.07) is 5.74. The van der Waals surface area contributed by atoms with Gasteiger partial charge in [0, 0.05) is 19.5 Å². The Labute approximate surface area is 131 Å². The summed E-state index contributed by atoms with van der Waals surface area (Å²) in [5.74, 6) is 0.909. The summed E-state index contributed by atoms with van der Waals surface area (Å²) in [5, 5.41) is 0. The van der Waals surface area contributed by atoms with E-state index in [1.165, 1.54) is 6.42 Å². The molecule has 0 radical (unpaired) electrons. The van der Waals surface area contributed by atoms with Crippen molar-refractivity contribution in [2.75, 3.05) is 13.7 Å². The lowest BCUT2D eigenvalue weighted by Gasteiger charge is -2.25. The summed E-state index contributed by atoms with van der Waals surface area (Å²) in [7, 11) is 1.60. The monoisotopic (exact) mass is 306 g/mol. The molecule has 5 heteroatoms. The Morgan fingerprint density at radius 1 is 1.33 bits per heavy atom. The van der Waals surface area contributed by atoms with Crippen LogP contribution in [0.2, 0.25) is 0 Å². The maximum atomic E-state index is 12.2. The number of hydrogen-bond acceptors (Lipinski definition) is 3. The Morgan fingerprint density at radius 3 is 2.81 bits per heavy atom. The van der Waals surface area contributed by atoms with Crippen molar-refractivity contribution in [3.8, 4) is 5.75 Å². The summed E-state index contributed by atoms with van der Waals surface area (Å²) in [4.78, 5) is 14.4. The van der Waals surface area contributed by atoms with Gasteiger partial charge in [0.1, 0.15) is 10.7 Å². The zero-order chi connectivity index (χ0) is 15.2. The van der Waals surface area contributed by atoms with Gasteiger partial charge in [0.15, 0.2) is 0 Å². The van der Waals surface area contributed by atoms with Crippen molar-refractivity contribution in [2.24, 2.45) is 5.73 Å². The average molecular weight is 306 g/mol. The van der Waals surface area contributed by atoms with Crippen LogP contribution in [-0.2, 0) is 11.3 Å². The molecular weight excluding hydrogens is 284 g/mol. The van der Waals surface area contributed by atoms with E-state index in [-0.39, 0.29) is 5.91 Å². The number of rotatable bonds is 4. The topological polar surface area (TPSA) is 55.6 Å². The molecule has 1 aliphatic heterocycles. The molecule has 1 fully saturated rings. The smallest absolute Gasteiger partial charge is 0.222 e. The molecule has 114 valence electrons. The van der Waals surface area contributed by atoms with Gasteiger partial charge in [-0.3, -0.25) is 4.79 Å². The van der Waals surface area contributed by atoms with E-state index >= 15 is 0 Å². The van der Waals surface area contributed by atoms with Gasteiger partial charge in [-0.2, -0.15) is 0 Å². The number of hydrogen-bond donors (Lipinski definition) is 1. The first-order valence-electron chi connectivity index (χ1n) is 7.36. The summed E-state index contributed by atoms with van der Waals surface area (Å²) in [6.45, 7) is 1.45. The maximum Gasteiger partial charge on any atom is 0.222 e. The molecule has 0 aliphatic carbocycles. The Bertz CT molecular complexity index is 531. The average Bonchev–Trinajstić information content (AvgIpc) is 2.46. The lowest BCUT2D eigenvalue weighted by molar-refractivity contribution is -0.132. The minimum atomic E-state index is 0.243. The standard InChI is InChI=1S/C16H22N2O2S/c1-20-14-10-12(7-8-13(14)16(17)21)11-18-9-5-3-2-4-6-15(18)19/h7-8,10H,2-6,9,11H2,1H3,(H2,17,21). The first-order valence-corrected chi connectivity index (χ1v) is 7.77. The minimum absolute atomic E-state index is 0.243. The van der Waals surface area contributed by atoms with Crippen molar-refractivity contribution in [1.82, 2.24) is 4.90 Å². The molecular formula is C16H22N2O2S. The first kappa shape index (κ1) is 15.8. The largest absolute Gasteiger partial charge is 0.496 e. The van der Waals surface area contributed by atoms with Crippen LogP contribution < -0.4 is 10.5 Å². The molecule has 0 spiro atoms. The number of nitrogens with two attached hydrogens (primary N) is 1. The number of thiocarbonyl (C=S) groups is 1. The van der Waals surface area contributed by atoms with Gasteiger partial charge in [0.25, 0.3) is 0 Å². The van der Waals surface area contributed by atoms with Crippen LogP contribution >= 0.6 is 12.2 Å². The second kappa shape index (κ2) is 7.41. The summed E-state index contributed by atoms with van der Waals surface area (Å²) >= 11 is 5.01. The molecule has 0 atom stereocenters. The fourth-order valence-electron chi connectivity index (χ4n) is 2.64. The Hall–Kier alpha value is -1.62. The highest BCUT2D eigenvalue weighted by Gasteiger charge is 2.16. The van der Waals surface area contributed by atoms with Gasteiger partial charge < -0.3 is 15.4 Å². The molecule has 0 saturated carbocycles. The predicted octanol–water partition coefficient (Wildman–Crippen LogP) is 2.62. The molecule has 0 bridgehead atoms. The van der Waals surface area contributed by atoms with Crippen LogP contribution in [0, 0.1) is 0 Å². The summed E-state index contributed by atoms with van der Waals surface area (Å²) in [5.41, 5.74) is 7.45. The van der Waals surface area contributed by atoms with Crippen LogP contribution in [0.3, 0.4) is 0 Å². The number of likely N-dealkylation sites (tertiary alicyclic amines) is 1. The Morgan fingerprint density at radius 2 is 2.10 bits per heavy atom. The van der Waals surface area contributed by atoms with Gasteiger partial charge in [-0.05, 0) is 30.5 Å². The normalized spacial score (nSPS) is 16.2. The van der Waals surface area contributed by atoms with E-state index in [2.05, 4.69) is 0 Å². The highest BCUT2D eigenvalue weighted by molar-refractivity contribution is 7.80. The zero-order valence-corrected chi connectivity index (χ0v) is 13.2. The molecule has 1 aliphatic rings. The summed E-state index contributed by atoms with van der Waals surface area (Å²) < 4.78 is 5.34. The molecule has 1 saturated heterocycles. The number of methoxy groups -OCH3 is 1. The molecule has 1 amide bonds. The molecule has 0 aromatic heterocycles. The molecule has 1 aromatic carbocycles. The van der Waals surface area contributed by atoms with Crippen molar-refractivity contribution in [1.29, 1.82) is 0 Å². The van der Waals surface area contributed by atoms with E-state index in [0.717, 1.165) is 36.9 Å². The highest BCUT2D eigenvalue weighted by atomic mass is 32.1. The molecule has 2 N–H and O–H groups in total. The van der Waals surface area contributed by atoms with Crippen LogP contribution in [0.15, 0.2) is 18.2 Å². The fourth-order valence-corrected chi connectivity index (χ4v) is 2.81. The SMILES string of the molecule is COc1cc(CN2CCCCCCC2=O)ccc1C(N)=S. The molecule has 0 unspecified atom stereocenters. The van der Waals surface area contributed by atoms with Crippen molar-refractivity contribution < 1.29 is 9.53 Å². The van der Waals surface area contributed by atoms with Crippen molar-refractivity contribution in [3.63, 3.8) is 0 Å². The van der Waals surface area contributed by atoms with E-state index in [0.29, 0.717) is 23.7 Å². The van der Waals surface area contributed by atoms with E-state index in [1.807, 2.05) is 23.1 Å². The highest BCUT2D eigenvalue weighted by Crippen LogP contribution is 2.22. The third kappa shape index (κ3) is 4.17. The van der Waals surface area contributed by atoms with Crippen LogP contribution in [0.1, 0.15) is 43.2 Å². The number of benzene rings is 1. The van der Waals surface area contributed by atoms with Crippen molar-refractivity contribution >= 4 is 23.1 Å². The molecule has 1 heterocycles. The quantitative estimate of drug-likeness (QED) is 0.869. The second-order valence-corrected chi connectivity index (χ2v) is 5.82. The van der Waals surface area contributed by atoms with E-state index in [9.17, 15) is 4.79 Å². The van der Waals surface area contributed by atoms with E-state index in [4.69, 9.17) is 22.7 Å². The van der Waals surface area contributed by atoms with Crippen LogP contribution in [0.25, 0.3) is 0 Å². The third-order valence-corrected chi connectivity index (χ3v) is 4.05.